The highest BCUT2D eigenvalue weighted by Crippen LogP contribution is 2.32. The van der Waals surface area contributed by atoms with Crippen molar-refractivity contribution in [2.45, 2.75) is 0 Å². The summed E-state index contributed by atoms with van der Waals surface area (Å²) in [5.74, 6) is 0.807. The smallest absolute Gasteiger partial charge is 0.143 e. The zero-order valence-corrected chi connectivity index (χ0v) is 12.5. The van der Waals surface area contributed by atoms with Gasteiger partial charge >= 0.3 is 0 Å². The van der Waals surface area contributed by atoms with Crippen molar-refractivity contribution in [3.63, 3.8) is 0 Å². The van der Waals surface area contributed by atoms with Crippen LogP contribution in [-0.4, -0.2) is 9.55 Å². The number of aryl methyl sites for hydroxylation is 1. The summed E-state index contributed by atoms with van der Waals surface area (Å²) in [6.45, 7) is 0. The zero-order chi connectivity index (χ0) is 13.6. The fraction of sp³-hybridized carbons (Fsp3) is 0.0714. The Morgan fingerprint density at radius 3 is 2.79 bits per heavy atom. The van der Waals surface area contributed by atoms with Gasteiger partial charge in [0.2, 0.25) is 0 Å². The Labute approximate surface area is 124 Å². The van der Waals surface area contributed by atoms with Gasteiger partial charge in [0, 0.05) is 22.8 Å². The fourth-order valence-electron chi connectivity index (χ4n) is 2.18. The lowest BCUT2D eigenvalue weighted by Gasteiger charge is -2.07. The standard InChI is InChI=1S/C14H11BrClN3/c1-19-13-10(16)3-2-4-12(13)18-14(19)9-7-8(15)5-6-11(9)17/h2-7H,17H2,1H3. The molecule has 0 aliphatic heterocycles. The first-order valence-corrected chi connectivity index (χ1v) is 6.91. The lowest BCUT2D eigenvalue weighted by molar-refractivity contribution is 0.960. The number of halogens is 2. The molecule has 0 fully saturated rings. The number of nitrogens with zero attached hydrogens (tertiary/aromatic N) is 2. The summed E-state index contributed by atoms with van der Waals surface area (Å²) in [5, 5.41) is 0.687. The van der Waals surface area contributed by atoms with Crippen molar-refractivity contribution < 1.29 is 0 Å². The topological polar surface area (TPSA) is 43.8 Å². The number of hydrogen-bond donors (Lipinski definition) is 1. The first kappa shape index (κ1) is 12.5. The molecule has 0 spiro atoms. The first-order valence-electron chi connectivity index (χ1n) is 5.74. The Morgan fingerprint density at radius 2 is 2.05 bits per heavy atom. The number of anilines is 1. The van der Waals surface area contributed by atoms with Crippen molar-refractivity contribution in [2.75, 3.05) is 5.73 Å². The summed E-state index contributed by atoms with van der Waals surface area (Å²) in [6.07, 6.45) is 0. The molecule has 3 rings (SSSR count). The van der Waals surface area contributed by atoms with Gasteiger partial charge in [0.15, 0.2) is 0 Å². The Balaban J connectivity index is 2.34. The van der Waals surface area contributed by atoms with Crippen molar-refractivity contribution in [1.82, 2.24) is 9.55 Å². The molecule has 0 saturated carbocycles. The van der Waals surface area contributed by atoms with Crippen molar-refractivity contribution in [1.29, 1.82) is 0 Å². The van der Waals surface area contributed by atoms with Gasteiger partial charge in [-0.25, -0.2) is 4.98 Å². The number of hydrogen-bond acceptors (Lipinski definition) is 2. The summed E-state index contributed by atoms with van der Waals surface area (Å²) in [6, 6.07) is 11.4. The van der Waals surface area contributed by atoms with Crippen LogP contribution in [-0.2, 0) is 7.05 Å². The number of para-hydroxylation sites is 1. The van der Waals surface area contributed by atoms with Crippen molar-refractivity contribution in [3.05, 3.63) is 45.9 Å². The predicted octanol–water partition coefficient (Wildman–Crippen LogP) is 4.24. The van der Waals surface area contributed by atoms with Crippen LogP contribution < -0.4 is 5.73 Å². The van der Waals surface area contributed by atoms with E-state index in [1.165, 1.54) is 0 Å². The molecular formula is C14H11BrClN3. The van der Waals surface area contributed by atoms with Gasteiger partial charge in [-0.1, -0.05) is 33.6 Å². The average molecular weight is 337 g/mol. The second kappa shape index (κ2) is 4.54. The molecule has 19 heavy (non-hydrogen) atoms. The second-order valence-corrected chi connectivity index (χ2v) is 5.66. The molecule has 2 N–H and O–H groups in total. The van der Waals surface area contributed by atoms with E-state index < -0.39 is 0 Å². The number of fused-ring (bicyclic) bond motifs is 1. The van der Waals surface area contributed by atoms with Gasteiger partial charge in [-0.2, -0.15) is 0 Å². The van der Waals surface area contributed by atoms with Crippen LogP contribution in [0.25, 0.3) is 22.4 Å². The molecule has 1 aromatic heterocycles. The molecule has 0 saturated heterocycles. The molecule has 0 radical (unpaired) electrons. The van der Waals surface area contributed by atoms with Crippen LogP contribution in [0.4, 0.5) is 5.69 Å². The molecule has 3 aromatic rings. The van der Waals surface area contributed by atoms with Gasteiger partial charge in [-0.05, 0) is 30.3 Å². The van der Waals surface area contributed by atoms with Crippen LogP contribution in [0.15, 0.2) is 40.9 Å². The summed E-state index contributed by atoms with van der Waals surface area (Å²) < 4.78 is 2.94. The molecule has 0 amide bonds. The van der Waals surface area contributed by atoms with Crippen LogP contribution in [0.1, 0.15) is 0 Å². The number of rotatable bonds is 1. The highest BCUT2D eigenvalue weighted by Gasteiger charge is 2.14. The summed E-state index contributed by atoms with van der Waals surface area (Å²) in [4.78, 5) is 4.62. The molecule has 0 aliphatic rings. The van der Waals surface area contributed by atoms with E-state index in [1.807, 2.05) is 48.0 Å². The minimum absolute atomic E-state index is 0.687. The van der Waals surface area contributed by atoms with Gasteiger partial charge in [0.05, 0.1) is 16.1 Å². The molecule has 96 valence electrons. The van der Waals surface area contributed by atoms with Crippen molar-refractivity contribution >= 4 is 44.3 Å². The molecule has 3 nitrogen and oxygen atoms in total. The largest absolute Gasteiger partial charge is 0.398 e. The Kier molecular flexibility index (Phi) is 2.99. The molecule has 0 bridgehead atoms. The molecule has 5 heteroatoms. The summed E-state index contributed by atoms with van der Waals surface area (Å²) >= 11 is 9.69. The highest BCUT2D eigenvalue weighted by atomic mass is 79.9. The third kappa shape index (κ3) is 2.01. The number of benzene rings is 2. The molecule has 0 aliphatic carbocycles. The van der Waals surface area contributed by atoms with Gasteiger partial charge in [-0.3, -0.25) is 0 Å². The first-order chi connectivity index (χ1) is 9.08. The zero-order valence-electron chi connectivity index (χ0n) is 10.2. The molecule has 2 aromatic carbocycles. The van der Waals surface area contributed by atoms with Gasteiger partial charge in [0.1, 0.15) is 5.82 Å². The number of aromatic nitrogens is 2. The highest BCUT2D eigenvalue weighted by molar-refractivity contribution is 9.10. The van der Waals surface area contributed by atoms with E-state index in [0.717, 1.165) is 26.9 Å². The molecular weight excluding hydrogens is 326 g/mol. The van der Waals surface area contributed by atoms with Gasteiger partial charge in [0.25, 0.3) is 0 Å². The second-order valence-electron chi connectivity index (χ2n) is 4.33. The number of imidazole rings is 1. The van der Waals surface area contributed by atoms with Crippen LogP contribution in [0.2, 0.25) is 5.02 Å². The quantitative estimate of drug-likeness (QED) is 0.676. The normalized spacial score (nSPS) is 11.1. The third-order valence-electron chi connectivity index (χ3n) is 3.10. The van der Waals surface area contributed by atoms with E-state index in [2.05, 4.69) is 20.9 Å². The van der Waals surface area contributed by atoms with E-state index in [-0.39, 0.29) is 0 Å². The number of nitrogens with two attached hydrogens (primary N) is 1. The predicted molar refractivity (Wildman–Crippen MR) is 83.3 cm³/mol. The van der Waals surface area contributed by atoms with E-state index in [9.17, 15) is 0 Å². The van der Waals surface area contributed by atoms with Gasteiger partial charge < -0.3 is 10.3 Å². The molecule has 0 atom stereocenters. The van der Waals surface area contributed by atoms with Gasteiger partial charge in [-0.15, -0.1) is 0 Å². The lowest BCUT2D eigenvalue weighted by atomic mass is 10.2. The van der Waals surface area contributed by atoms with E-state index in [4.69, 9.17) is 17.3 Å². The van der Waals surface area contributed by atoms with Crippen molar-refractivity contribution in [2.24, 2.45) is 7.05 Å². The minimum atomic E-state index is 0.687. The summed E-state index contributed by atoms with van der Waals surface area (Å²) in [7, 11) is 1.94. The van der Waals surface area contributed by atoms with Crippen molar-refractivity contribution in [3.8, 4) is 11.4 Å². The van der Waals surface area contributed by atoms with Crippen LogP contribution in [0.5, 0.6) is 0 Å². The van der Waals surface area contributed by atoms with E-state index >= 15 is 0 Å². The maximum atomic E-state index is 6.23. The average Bonchev–Trinajstić information content (AvgIpc) is 2.71. The van der Waals surface area contributed by atoms with Crippen LogP contribution in [0.3, 0.4) is 0 Å². The summed E-state index contributed by atoms with van der Waals surface area (Å²) in [5.41, 5.74) is 9.41. The monoisotopic (exact) mass is 335 g/mol. The Hall–Kier alpha value is -1.52. The molecule has 0 unspecified atom stereocenters. The van der Waals surface area contributed by atoms with Crippen LogP contribution in [0, 0.1) is 0 Å². The maximum absolute atomic E-state index is 6.23. The number of nitrogen functional groups attached to an aromatic ring is 1. The SMILES string of the molecule is Cn1c(-c2cc(Br)ccc2N)nc2cccc(Cl)c21. The lowest BCUT2D eigenvalue weighted by Crippen LogP contribution is -1.97. The maximum Gasteiger partial charge on any atom is 0.143 e. The third-order valence-corrected chi connectivity index (χ3v) is 3.90. The molecule has 1 heterocycles. The fourth-order valence-corrected chi connectivity index (χ4v) is 2.84. The Morgan fingerprint density at radius 1 is 1.26 bits per heavy atom. The van der Waals surface area contributed by atoms with E-state index in [0.29, 0.717) is 10.7 Å². The Bertz CT molecular complexity index is 780. The van der Waals surface area contributed by atoms with Crippen LogP contribution >= 0.6 is 27.5 Å². The minimum Gasteiger partial charge on any atom is -0.398 e. The van der Waals surface area contributed by atoms with E-state index in [1.54, 1.807) is 0 Å².